The first kappa shape index (κ1) is 28.7. The van der Waals surface area contributed by atoms with Crippen LogP contribution in [-0.4, -0.2) is 74.9 Å². The van der Waals surface area contributed by atoms with Crippen molar-refractivity contribution < 1.29 is 39.3 Å². The van der Waals surface area contributed by atoms with Crippen LogP contribution in [0.3, 0.4) is 0 Å². The fraction of sp³-hybridized carbons (Fsp3) is 0.476. The summed E-state index contributed by atoms with van der Waals surface area (Å²) in [6.07, 6.45) is -0.846. The van der Waals surface area contributed by atoms with Crippen molar-refractivity contribution in [3.63, 3.8) is 0 Å². The number of benzene rings is 1. The number of nitrogens with two attached hydrogens (primary N) is 1. The third-order valence-electron chi connectivity index (χ3n) is 4.78. The summed E-state index contributed by atoms with van der Waals surface area (Å²) in [5, 5.41) is 34.6. The van der Waals surface area contributed by atoms with E-state index in [0.717, 1.165) is 0 Å². The van der Waals surface area contributed by atoms with E-state index in [2.05, 4.69) is 28.6 Å². The Kier molecular flexibility index (Phi) is 11.3. The predicted molar refractivity (Wildman–Crippen MR) is 124 cm³/mol. The van der Waals surface area contributed by atoms with E-state index in [0.29, 0.717) is 5.56 Å². The zero-order valence-corrected chi connectivity index (χ0v) is 19.6. The van der Waals surface area contributed by atoms with E-state index in [1.54, 1.807) is 26.0 Å². The van der Waals surface area contributed by atoms with E-state index in [9.17, 15) is 34.2 Å². The number of nitrogens with one attached hydrogen (secondary N) is 3. The average molecular weight is 499 g/mol. The van der Waals surface area contributed by atoms with E-state index < -0.39 is 66.2 Å². The predicted octanol–water partition coefficient (Wildman–Crippen LogP) is -1.14. The molecule has 188 valence electrons. The minimum atomic E-state index is -1.69. The first-order chi connectivity index (χ1) is 15.8. The van der Waals surface area contributed by atoms with Gasteiger partial charge in [-0.2, -0.15) is 12.6 Å². The fourth-order valence-electron chi connectivity index (χ4n) is 2.86. The molecule has 0 aromatic heterocycles. The lowest BCUT2D eigenvalue weighted by atomic mass is 10.00. The Morgan fingerprint density at radius 2 is 1.47 bits per heavy atom. The highest BCUT2D eigenvalue weighted by Crippen LogP contribution is 2.12. The molecule has 1 aromatic rings. The van der Waals surface area contributed by atoms with Gasteiger partial charge in [-0.05, 0) is 23.6 Å². The van der Waals surface area contributed by atoms with Crippen molar-refractivity contribution in [3.05, 3.63) is 29.8 Å². The van der Waals surface area contributed by atoms with Gasteiger partial charge in [0, 0.05) is 12.2 Å². The molecule has 8 N–H and O–H groups in total. The molecule has 0 saturated heterocycles. The summed E-state index contributed by atoms with van der Waals surface area (Å²) in [7, 11) is 0. The first-order valence-electron chi connectivity index (χ1n) is 10.4. The Balaban J connectivity index is 3.08. The third kappa shape index (κ3) is 9.27. The molecule has 0 bridgehead atoms. The summed E-state index contributed by atoms with van der Waals surface area (Å²) in [6, 6.07) is 0.854. The lowest BCUT2D eigenvalue weighted by Crippen LogP contribution is -2.59. The molecule has 0 aliphatic rings. The van der Waals surface area contributed by atoms with Crippen LogP contribution >= 0.6 is 12.6 Å². The quantitative estimate of drug-likeness (QED) is 0.154. The van der Waals surface area contributed by atoms with Crippen LogP contribution in [0.15, 0.2) is 24.3 Å². The van der Waals surface area contributed by atoms with Crippen LogP contribution in [-0.2, 0) is 30.4 Å². The summed E-state index contributed by atoms with van der Waals surface area (Å²) < 4.78 is 0. The molecular formula is C21H30N4O8S. The number of carbonyl (C=O) groups is 5. The number of carboxylic acid groups (broad SMARTS) is 2. The summed E-state index contributed by atoms with van der Waals surface area (Å²) in [6.45, 7) is 3.20. The van der Waals surface area contributed by atoms with E-state index >= 15 is 0 Å². The Morgan fingerprint density at radius 3 is 1.94 bits per heavy atom. The third-order valence-corrected chi connectivity index (χ3v) is 5.18. The van der Waals surface area contributed by atoms with Gasteiger partial charge in [0.2, 0.25) is 17.7 Å². The molecule has 3 amide bonds. The van der Waals surface area contributed by atoms with Crippen LogP contribution in [0.1, 0.15) is 25.8 Å². The lowest BCUT2D eigenvalue weighted by molar-refractivity contribution is -0.147. The highest BCUT2D eigenvalue weighted by Gasteiger charge is 2.32. The van der Waals surface area contributed by atoms with Crippen LogP contribution in [0.25, 0.3) is 0 Å². The highest BCUT2D eigenvalue weighted by atomic mass is 32.1. The molecule has 1 aromatic carbocycles. The van der Waals surface area contributed by atoms with Crippen LogP contribution in [0.5, 0.6) is 5.75 Å². The maximum absolute atomic E-state index is 13.1. The molecule has 13 heteroatoms. The van der Waals surface area contributed by atoms with Crippen molar-refractivity contribution in [1.29, 1.82) is 0 Å². The molecule has 1 rings (SSSR count). The van der Waals surface area contributed by atoms with E-state index in [1.807, 2.05) is 0 Å². The van der Waals surface area contributed by atoms with Gasteiger partial charge in [0.25, 0.3) is 0 Å². The monoisotopic (exact) mass is 498 g/mol. The minimum Gasteiger partial charge on any atom is -0.508 e. The zero-order chi connectivity index (χ0) is 26.0. The van der Waals surface area contributed by atoms with Gasteiger partial charge in [-0.15, -0.1) is 0 Å². The van der Waals surface area contributed by atoms with Crippen molar-refractivity contribution in [2.24, 2.45) is 11.7 Å². The molecule has 0 spiro atoms. The SMILES string of the molecule is CC(C)C(NC(=O)C(Cc1ccc(O)cc1)NC(=O)C(N)CS)C(=O)NC(CC(=O)O)C(=O)O. The van der Waals surface area contributed by atoms with Crippen LogP contribution in [0.4, 0.5) is 0 Å². The maximum Gasteiger partial charge on any atom is 0.326 e. The number of hydrogen-bond donors (Lipinski definition) is 8. The summed E-state index contributed by atoms with van der Waals surface area (Å²) >= 11 is 3.96. The molecule has 0 saturated carbocycles. The number of phenols is 1. The first-order valence-corrected chi connectivity index (χ1v) is 11.0. The summed E-state index contributed by atoms with van der Waals surface area (Å²) in [4.78, 5) is 60.2. The number of aromatic hydroxyl groups is 1. The number of thiol groups is 1. The second kappa shape index (κ2) is 13.4. The van der Waals surface area contributed by atoms with E-state index in [4.69, 9.17) is 10.8 Å². The fourth-order valence-corrected chi connectivity index (χ4v) is 3.03. The molecule has 4 unspecified atom stereocenters. The smallest absolute Gasteiger partial charge is 0.326 e. The van der Waals surface area contributed by atoms with Crippen molar-refractivity contribution in [1.82, 2.24) is 16.0 Å². The maximum atomic E-state index is 13.1. The number of rotatable bonds is 13. The molecular weight excluding hydrogens is 468 g/mol. The highest BCUT2D eigenvalue weighted by molar-refractivity contribution is 7.80. The number of amides is 3. The molecule has 0 aliphatic carbocycles. The number of carboxylic acids is 2. The molecule has 0 fully saturated rings. The Bertz CT molecular complexity index is 893. The van der Waals surface area contributed by atoms with Crippen LogP contribution in [0.2, 0.25) is 0 Å². The van der Waals surface area contributed by atoms with Gasteiger partial charge in [0.05, 0.1) is 12.5 Å². The average Bonchev–Trinajstić information content (AvgIpc) is 2.76. The normalized spacial score (nSPS) is 14.4. The zero-order valence-electron chi connectivity index (χ0n) is 18.7. The molecule has 0 heterocycles. The number of carbonyl (C=O) groups excluding carboxylic acids is 3. The number of phenolic OH excluding ortho intramolecular Hbond substituents is 1. The molecule has 4 atom stereocenters. The van der Waals surface area contributed by atoms with Crippen LogP contribution in [0, 0.1) is 5.92 Å². The Morgan fingerprint density at radius 1 is 0.912 bits per heavy atom. The van der Waals surface area contributed by atoms with Gasteiger partial charge in [-0.25, -0.2) is 4.79 Å². The van der Waals surface area contributed by atoms with Crippen molar-refractivity contribution in [2.75, 3.05) is 5.75 Å². The van der Waals surface area contributed by atoms with Gasteiger partial charge in [0.1, 0.15) is 23.9 Å². The molecule has 0 radical (unpaired) electrons. The Hall–Kier alpha value is -3.32. The Labute approximate surface area is 201 Å². The standard InChI is InChI=1S/C21H30N4O8S/c1-10(2)17(20(31)24-15(21(32)33)8-16(27)28)25-19(30)14(23-18(29)13(22)9-34)7-11-3-5-12(26)6-4-11/h3-6,10,13-15,17,26,34H,7-9,22H2,1-2H3,(H,23,29)(H,24,31)(H,25,30)(H,27,28)(H,32,33). The van der Waals surface area contributed by atoms with Gasteiger partial charge >= 0.3 is 11.9 Å². The number of aliphatic carboxylic acids is 2. The van der Waals surface area contributed by atoms with Gasteiger partial charge in [0.15, 0.2) is 0 Å². The summed E-state index contributed by atoms with van der Waals surface area (Å²) in [5.74, 6) is -5.71. The second-order valence-electron chi connectivity index (χ2n) is 7.95. The minimum absolute atomic E-state index is 0.000341. The number of hydrogen-bond acceptors (Lipinski definition) is 8. The van der Waals surface area contributed by atoms with Crippen molar-refractivity contribution in [2.45, 2.75) is 50.9 Å². The van der Waals surface area contributed by atoms with Crippen molar-refractivity contribution in [3.8, 4) is 5.75 Å². The topological polar surface area (TPSA) is 208 Å². The van der Waals surface area contributed by atoms with Crippen LogP contribution < -0.4 is 21.7 Å². The lowest BCUT2D eigenvalue weighted by Gasteiger charge is -2.27. The summed E-state index contributed by atoms with van der Waals surface area (Å²) in [5.41, 5.74) is 6.27. The van der Waals surface area contributed by atoms with E-state index in [-0.39, 0.29) is 17.9 Å². The largest absolute Gasteiger partial charge is 0.508 e. The van der Waals surface area contributed by atoms with Crippen molar-refractivity contribution >= 4 is 42.3 Å². The second-order valence-corrected chi connectivity index (χ2v) is 8.31. The van der Waals surface area contributed by atoms with Gasteiger partial charge in [-0.3, -0.25) is 19.2 Å². The van der Waals surface area contributed by atoms with E-state index in [1.165, 1.54) is 12.1 Å². The molecule has 0 aliphatic heterocycles. The molecule has 34 heavy (non-hydrogen) atoms. The van der Waals surface area contributed by atoms with Gasteiger partial charge < -0.3 is 37.0 Å². The van der Waals surface area contributed by atoms with Gasteiger partial charge in [-0.1, -0.05) is 26.0 Å². The molecule has 12 nitrogen and oxygen atoms in total.